The molecular formula is C12H20N4. The molecule has 0 N–H and O–H groups in total. The van der Waals surface area contributed by atoms with E-state index in [-0.39, 0.29) is 0 Å². The molecule has 4 nitrogen and oxygen atoms in total. The van der Waals surface area contributed by atoms with Gasteiger partial charge in [-0.05, 0) is 26.5 Å². The van der Waals surface area contributed by atoms with Crippen LogP contribution in [0.2, 0.25) is 0 Å². The normalized spacial score (nSPS) is 10.7. The third kappa shape index (κ3) is 3.35. The van der Waals surface area contributed by atoms with Crippen LogP contribution in [0.15, 0.2) is 6.07 Å². The summed E-state index contributed by atoms with van der Waals surface area (Å²) < 4.78 is 2.03. The molecule has 0 amide bonds. The lowest BCUT2D eigenvalue weighted by Crippen LogP contribution is -2.25. The minimum Gasteiger partial charge on any atom is -0.297 e. The molecule has 0 aliphatic carbocycles. The molecule has 0 fully saturated rings. The SMILES string of the molecule is CCN(CCC#N)Cc1cc(C)nn1CC. The van der Waals surface area contributed by atoms with Crippen molar-refractivity contribution in [3.63, 3.8) is 0 Å². The molecule has 0 unspecified atom stereocenters. The Morgan fingerprint density at radius 2 is 2.25 bits per heavy atom. The van der Waals surface area contributed by atoms with Crippen LogP contribution >= 0.6 is 0 Å². The van der Waals surface area contributed by atoms with Crippen LogP contribution in [-0.2, 0) is 13.1 Å². The molecule has 1 rings (SSSR count). The van der Waals surface area contributed by atoms with Gasteiger partial charge in [-0.1, -0.05) is 6.92 Å². The van der Waals surface area contributed by atoms with E-state index < -0.39 is 0 Å². The highest BCUT2D eigenvalue weighted by Gasteiger charge is 2.08. The summed E-state index contributed by atoms with van der Waals surface area (Å²) in [4.78, 5) is 2.27. The second-order valence-corrected chi connectivity index (χ2v) is 3.87. The lowest BCUT2D eigenvalue weighted by Gasteiger charge is -2.19. The van der Waals surface area contributed by atoms with E-state index in [1.807, 2.05) is 11.6 Å². The van der Waals surface area contributed by atoms with E-state index in [2.05, 4.69) is 36.0 Å². The fourth-order valence-corrected chi connectivity index (χ4v) is 1.79. The second kappa shape index (κ2) is 6.29. The highest BCUT2D eigenvalue weighted by molar-refractivity contribution is 5.08. The minimum atomic E-state index is 0.590. The van der Waals surface area contributed by atoms with Gasteiger partial charge in [-0.15, -0.1) is 0 Å². The summed E-state index contributed by atoms with van der Waals surface area (Å²) in [5, 5.41) is 13.0. The van der Waals surface area contributed by atoms with E-state index in [1.54, 1.807) is 0 Å². The Morgan fingerprint density at radius 3 is 2.81 bits per heavy atom. The molecular weight excluding hydrogens is 200 g/mol. The van der Waals surface area contributed by atoms with Crippen LogP contribution in [0.1, 0.15) is 31.7 Å². The topological polar surface area (TPSA) is 44.9 Å². The van der Waals surface area contributed by atoms with Gasteiger partial charge in [0.25, 0.3) is 0 Å². The molecule has 0 aromatic carbocycles. The number of hydrogen-bond donors (Lipinski definition) is 0. The van der Waals surface area contributed by atoms with Crippen molar-refractivity contribution in [2.24, 2.45) is 0 Å². The van der Waals surface area contributed by atoms with Crippen LogP contribution in [-0.4, -0.2) is 27.8 Å². The van der Waals surface area contributed by atoms with Gasteiger partial charge in [0.1, 0.15) is 0 Å². The summed E-state index contributed by atoms with van der Waals surface area (Å²) in [6.45, 7) is 9.82. The Morgan fingerprint density at radius 1 is 1.50 bits per heavy atom. The van der Waals surface area contributed by atoms with Crippen LogP contribution in [0.25, 0.3) is 0 Å². The number of hydrogen-bond acceptors (Lipinski definition) is 3. The Balaban J connectivity index is 2.66. The van der Waals surface area contributed by atoms with Gasteiger partial charge in [0.2, 0.25) is 0 Å². The van der Waals surface area contributed by atoms with Gasteiger partial charge in [-0.3, -0.25) is 9.58 Å². The first-order valence-corrected chi connectivity index (χ1v) is 5.83. The summed E-state index contributed by atoms with van der Waals surface area (Å²) in [5.74, 6) is 0. The summed E-state index contributed by atoms with van der Waals surface area (Å²) in [5.41, 5.74) is 2.30. The highest BCUT2D eigenvalue weighted by atomic mass is 15.3. The molecule has 88 valence electrons. The number of nitrogens with zero attached hydrogens (tertiary/aromatic N) is 4. The fraction of sp³-hybridized carbons (Fsp3) is 0.667. The highest BCUT2D eigenvalue weighted by Crippen LogP contribution is 2.08. The number of aromatic nitrogens is 2. The summed E-state index contributed by atoms with van der Waals surface area (Å²) in [7, 11) is 0. The summed E-state index contributed by atoms with van der Waals surface area (Å²) in [6.07, 6.45) is 0.590. The van der Waals surface area contributed by atoms with Crippen molar-refractivity contribution in [2.75, 3.05) is 13.1 Å². The van der Waals surface area contributed by atoms with E-state index in [9.17, 15) is 0 Å². The largest absolute Gasteiger partial charge is 0.297 e. The zero-order chi connectivity index (χ0) is 12.0. The molecule has 0 aliphatic heterocycles. The van der Waals surface area contributed by atoms with Gasteiger partial charge in [-0.25, -0.2) is 0 Å². The Hall–Kier alpha value is -1.34. The molecule has 1 heterocycles. The quantitative estimate of drug-likeness (QED) is 0.736. The lowest BCUT2D eigenvalue weighted by molar-refractivity contribution is 0.277. The first-order chi connectivity index (χ1) is 7.71. The number of rotatable bonds is 6. The molecule has 16 heavy (non-hydrogen) atoms. The Labute approximate surface area is 97.5 Å². The number of aryl methyl sites for hydroxylation is 2. The Bertz CT molecular complexity index is 362. The van der Waals surface area contributed by atoms with Gasteiger partial charge in [0.15, 0.2) is 0 Å². The second-order valence-electron chi connectivity index (χ2n) is 3.87. The zero-order valence-corrected chi connectivity index (χ0v) is 10.4. The lowest BCUT2D eigenvalue weighted by atomic mass is 10.3. The molecule has 0 aliphatic rings. The van der Waals surface area contributed by atoms with Gasteiger partial charge >= 0.3 is 0 Å². The first kappa shape index (κ1) is 12.7. The standard InChI is InChI=1S/C12H20N4/c1-4-15(8-6-7-13)10-12-9-11(3)14-16(12)5-2/h9H,4-6,8,10H2,1-3H3. The maximum atomic E-state index is 8.59. The fourth-order valence-electron chi connectivity index (χ4n) is 1.79. The van der Waals surface area contributed by atoms with E-state index in [0.717, 1.165) is 31.9 Å². The molecule has 1 aromatic heterocycles. The molecule has 0 bridgehead atoms. The monoisotopic (exact) mass is 220 g/mol. The van der Waals surface area contributed by atoms with Crippen molar-refractivity contribution in [2.45, 2.75) is 40.3 Å². The third-order valence-electron chi connectivity index (χ3n) is 2.66. The van der Waals surface area contributed by atoms with E-state index in [4.69, 9.17) is 5.26 Å². The van der Waals surface area contributed by atoms with Gasteiger partial charge < -0.3 is 0 Å². The summed E-state index contributed by atoms with van der Waals surface area (Å²) >= 11 is 0. The Kier molecular flexibility index (Phi) is 5.00. The number of nitriles is 1. The molecule has 1 aromatic rings. The molecule has 0 atom stereocenters. The van der Waals surface area contributed by atoms with Crippen molar-refractivity contribution in [1.82, 2.24) is 14.7 Å². The zero-order valence-electron chi connectivity index (χ0n) is 10.4. The third-order valence-corrected chi connectivity index (χ3v) is 2.66. The van der Waals surface area contributed by atoms with Crippen LogP contribution in [0.5, 0.6) is 0 Å². The molecule has 4 heteroatoms. The van der Waals surface area contributed by atoms with Crippen molar-refractivity contribution in [3.8, 4) is 6.07 Å². The maximum absolute atomic E-state index is 8.59. The van der Waals surface area contributed by atoms with E-state index in [1.165, 1.54) is 5.69 Å². The molecule has 0 saturated carbocycles. The maximum Gasteiger partial charge on any atom is 0.0635 e. The minimum absolute atomic E-state index is 0.590. The van der Waals surface area contributed by atoms with E-state index >= 15 is 0 Å². The van der Waals surface area contributed by atoms with Crippen LogP contribution in [0, 0.1) is 18.3 Å². The average Bonchev–Trinajstić information content (AvgIpc) is 2.64. The van der Waals surface area contributed by atoms with Crippen LogP contribution < -0.4 is 0 Å². The average molecular weight is 220 g/mol. The van der Waals surface area contributed by atoms with Crippen LogP contribution in [0.3, 0.4) is 0 Å². The molecule has 0 radical (unpaired) electrons. The van der Waals surface area contributed by atoms with E-state index in [0.29, 0.717) is 6.42 Å². The predicted molar refractivity (Wildman–Crippen MR) is 63.8 cm³/mol. The van der Waals surface area contributed by atoms with Crippen molar-refractivity contribution >= 4 is 0 Å². The molecule has 0 saturated heterocycles. The first-order valence-electron chi connectivity index (χ1n) is 5.83. The van der Waals surface area contributed by atoms with Crippen molar-refractivity contribution in [3.05, 3.63) is 17.5 Å². The van der Waals surface area contributed by atoms with Gasteiger partial charge in [0, 0.05) is 26.1 Å². The smallest absolute Gasteiger partial charge is 0.0635 e. The van der Waals surface area contributed by atoms with Gasteiger partial charge in [0.05, 0.1) is 17.5 Å². The summed E-state index contributed by atoms with van der Waals surface area (Å²) in [6, 6.07) is 4.31. The van der Waals surface area contributed by atoms with Gasteiger partial charge in [-0.2, -0.15) is 10.4 Å². The predicted octanol–water partition coefficient (Wildman–Crippen LogP) is 1.95. The molecule has 0 spiro atoms. The van der Waals surface area contributed by atoms with Crippen molar-refractivity contribution in [1.29, 1.82) is 5.26 Å². The van der Waals surface area contributed by atoms with Crippen LogP contribution in [0.4, 0.5) is 0 Å². The van der Waals surface area contributed by atoms with Crippen molar-refractivity contribution < 1.29 is 0 Å².